The van der Waals surface area contributed by atoms with Gasteiger partial charge in [0.1, 0.15) is 6.61 Å². The smallest absolute Gasteiger partial charge is 0.129 e. The molecule has 4 nitrogen and oxygen atoms in total. The molecule has 168 valence electrons. The van der Waals surface area contributed by atoms with E-state index < -0.39 is 5.60 Å². The van der Waals surface area contributed by atoms with Crippen LogP contribution in [0.2, 0.25) is 0 Å². The lowest BCUT2D eigenvalue weighted by molar-refractivity contribution is -0.117. The molecular formula is C26H42N2O2. The molecule has 5 aliphatic rings. The lowest BCUT2D eigenvalue weighted by Crippen LogP contribution is -2.53. The van der Waals surface area contributed by atoms with E-state index in [0.717, 1.165) is 43.5 Å². The van der Waals surface area contributed by atoms with Crippen molar-refractivity contribution >= 4 is 5.71 Å². The highest BCUT2D eigenvalue weighted by Crippen LogP contribution is 2.67. The molecule has 1 N–H and O–H groups in total. The number of likely N-dealkylation sites (tertiary alicyclic amines) is 1. The molecule has 0 bridgehead atoms. The number of hydrogen-bond donors (Lipinski definition) is 1. The molecule has 0 aromatic heterocycles. The zero-order valence-electron chi connectivity index (χ0n) is 19.5. The number of allylic oxidation sites excluding steroid dienone is 2. The monoisotopic (exact) mass is 414 g/mol. The summed E-state index contributed by atoms with van der Waals surface area (Å²) in [5, 5.41) is 15.6. The van der Waals surface area contributed by atoms with Crippen molar-refractivity contribution in [3.63, 3.8) is 0 Å². The molecule has 6 atom stereocenters. The molecule has 6 unspecified atom stereocenters. The normalized spacial score (nSPS) is 47.5. The van der Waals surface area contributed by atoms with Gasteiger partial charge in [-0.2, -0.15) is 0 Å². The number of hydrogen-bond acceptors (Lipinski definition) is 4. The molecule has 0 spiro atoms. The Labute approximate surface area is 183 Å². The van der Waals surface area contributed by atoms with Gasteiger partial charge in [0.15, 0.2) is 0 Å². The Morgan fingerprint density at radius 2 is 1.80 bits per heavy atom. The lowest BCUT2D eigenvalue weighted by atomic mass is 9.46. The van der Waals surface area contributed by atoms with Crippen molar-refractivity contribution in [2.75, 3.05) is 26.2 Å². The van der Waals surface area contributed by atoms with Crippen LogP contribution in [0.1, 0.15) is 85.0 Å². The Bertz CT molecular complexity index is 723. The third kappa shape index (κ3) is 3.28. The second-order valence-electron chi connectivity index (χ2n) is 11.7. The Hall–Kier alpha value is -0.870. The molecular weight excluding hydrogens is 372 g/mol. The molecule has 30 heavy (non-hydrogen) atoms. The summed E-state index contributed by atoms with van der Waals surface area (Å²) in [5.41, 5.74) is 2.76. The van der Waals surface area contributed by atoms with Gasteiger partial charge in [0.25, 0.3) is 0 Å². The van der Waals surface area contributed by atoms with Crippen LogP contribution in [0.4, 0.5) is 0 Å². The van der Waals surface area contributed by atoms with Crippen LogP contribution in [-0.4, -0.2) is 47.6 Å². The van der Waals surface area contributed by atoms with E-state index >= 15 is 0 Å². The van der Waals surface area contributed by atoms with Gasteiger partial charge in [0.05, 0.1) is 11.3 Å². The Morgan fingerprint density at radius 1 is 1.03 bits per heavy atom. The van der Waals surface area contributed by atoms with Crippen molar-refractivity contribution < 1.29 is 9.94 Å². The van der Waals surface area contributed by atoms with Crippen LogP contribution >= 0.6 is 0 Å². The summed E-state index contributed by atoms with van der Waals surface area (Å²) in [6.45, 7) is 11.2. The highest BCUT2D eigenvalue weighted by atomic mass is 16.6. The van der Waals surface area contributed by atoms with Crippen LogP contribution in [0.5, 0.6) is 0 Å². The SMILES string of the molecule is CC12CC/C(=N/OCCN3CCCC3)C=C1CCC1C2CCC2(C)C1CCC2(C)O. The first kappa shape index (κ1) is 21.0. The van der Waals surface area contributed by atoms with E-state index in [9.17, 15) is 5.11 Å². The van der Waals surface area contributed by atoms with E-state index in [0.29, 0.717) is 11.3 Å². The maximum absolute atomic E-state index is 11.1. The maximum Gasteiger partial charge on any atom is 0.129 e. The van der Waals surface area contributed by atoms with Crippen LogP contribution in [0.15, 0.2) is 16.8 Å². The van der Waals surface area contributed by atoms with E-state index in [2.05, 4.69) is 36.9 Å². The van der Waals surface area contributed by atoms with Crippen molar-refractivity contribution in [3.8, 4) is 0 Å². The predicted octanol–water partition coefficient (Wildman–Crippen LogP) is 5.17. The van der Waals surface area contributed by atoms with Crippen molar-refractivity contribution in [2.45, 2.75) is 90.6 Å². The van der Waals surface area contributed by atoms with Crippen LogP contribution < -0.4 is 0 Å². The Morgan fingerprint density at radius 3 is 2.60 bits per heavy atom. The zero-order chi connectivity index (χ0) is 21.0. The molecule has 0 amide bonds. The summed E-state index contributed by atoms with van der Waals surface area (Å²) in [4.78, 5) is 8.20. The van der Waals surface area contributed by atoms with Crippen molar-refractivity contribution in [1.29, 1.82) is 0 Å². The first-order valence-corrected chi connectivity index (χ1v) is 12.7. The first-order valence-electron chi connectivity index (χ1n) is 12.7. The third-order valence-electron chi connectivity index (χ3n) is 10.4. The lowest BCUT2D eigenvalue weighted by Gasteiger charge is -2.59. The molecule has 0 radical (unpaired) electrons. The Balaban J connectivity index is 1.26. The fourth-order valence-electron chi connectivity index (χ4n) is 8.19. The van der Waals surface area contributed by atoms with Gasteiger partial charge in [-0.15, -0.1) is 0 Å². The second-order valence-corrected chi connectivity index (χ2v) is 11.7. The van der Waals surface area contributed by atoms with Crippen LogP contribution in [0, 0.1) is 28.6 Å². The van der Waals surface area contributed by atoms with Crippen LogP contribution in [0.25, 0.3) is 0 Å². The molecule has 1 heterocycles. The van der Waals surface area contributed by atoms with Crippen LogP contribution in [0.3, 0.4) is 0 Å². The van der Waals surface area contributed by atoms with Gasteiger partial charge < -0.3 is 9.94 Å². The van der Waals surface area contributed by atoms with E-state index in [1.165, 1.54) is 64.5 Å². The number of nitrogens with zero attached hydrogens (tertiary/aromatic N) is 2. The fourth-order valence-corrected chi connectivity index (χ4v) is 8.19. The van der Waals surface area contributed by atoms with Gasteiger partial charge >= 0.3 is 0 Å². The number of oxime groups is 1. The van der Waals surface area contributed by atoms with E-state index in [1.54, 1.807) is 5.57 Å². The fraction of sp³-hybridized carbons (Fsp3) is 0.885. The molecule has 0 aromatic rings. The molecule has 1 aliphatic heterocycles. The quantitative estimate of drug-likeness (QED) is 0.510. The molecule has 3 saturated carbocycles. The number of aliphatic hydroxyl groups is 1. The molecule has 1 saturated heterocycles. The molecule has 0 aromatic carbocycles. The highest BCUT2D eigenvalue weighted by Gasteiger charge is 2.62. The summed E-state index contributed by atoms with van der Waals surface area (Å²) in [7, 11) is 0. The van der Waals surface area contributed by atoms with Gasteiger partial charge in [0.2, 0.25) is 0 Å². The van der Waals surface area contributed by atoms with Crippen molar-refractivity contribution in [3.05, 3.63) is 11.6 Å². The van der Waals surface area contributed by atoms with Crippen LogP contribution in [-0.2, 0) is 4.84 Å². The average Bonchev–Trinajstić information content (AvgIpc) is 3.31. The summed E-state index contributed by atoms with van der Waals surface area (Å²) < 4.78 is 0. The minimum absolute atomic E-state index is 0.121. The van der Waals surface area contributed by atoms with Crippen molar-refractivity contribution in [2.24, 2.45) is 33.7 Å². The molecule has 4 fully saturated rings. The summed E-state index contributed by atoms with van der Waals surface area (Å²) in [6, 6.07) is 0. The first-order chi connectivity index (χ1) is 14.3. The largest absolute Gasteiger partial charge is 0.394 e. The zero-order valence-corrected chi connectivity index (χ0v) is 19.5. The average molecular weight is 415 g/mol. The van der Waals surface area contributed by atoms with Crippen molar-refractivity contribution in [1.82, 2.24) is 4.90 Å². The van der Waals surface area contributed by atoms with Gasteiger partial charge in [-0.3, -0.25) is 4.90 Å². The van der Waals surface area contributed by atoms with Gasteiger partial charge in [-0.25, -0.2) is 0 Å². The number of fused-ring (bicyclic) bond motifs is 5. The topological polar surface area (TPSA) is 45.1 Å². The minimum atomic E-state index is -0.474. The summed E-state index contributed by atoms with van der Waals surface area (Å²) >= 11 is 0. The number of rotatable bonds is 4. The standard InChI is InChI=1S/C26H42N2O2/c1-24-11-8-20(27-30-17-16-28-14-4-5-15-28)18-19(24)6-7-21-22(24)9-12-25(2)23(21)10-13-26(25,3)29/h18,21-23,29H,4-17H2,1-3H3/b27-20-. The Kier molecular flexibility index (Phi) is 5.33. The summed E-state index contributed by atoms with van der Waals surface area (Å²) in [5.74, 6) is 2.27. The molecule has 4 aliphatic carbocycles. The summed E-state index contributed by atoms with van der Waals surface area (Å²) in [6.07, 6.45) is 14.5. The predicted molar refractivity (Wildman–Crippen MR) is 121 cm³/mol. The maximum atomic E-state index is 11.1. The van der Waals surface area contributed by atoms with Gasteiger partial charge in [0, 0.05) is 6.54 Å². The van der Waals surface area contributed by atoms with E-state index in [-0.39, 0.29) is 5.41 Å². The highest BCUT2D eigenvalue weighted by molar-refractivity contribution is 5.96. The van der Waals surface area contributed by atoms with Gasteiger partial charge in [-0.1, -0.05) is 24.6 Å². The van der Waals surface area contributed by atoms with E-state index in [4.69, 9.17) is 4.84 Å². The van der Waals surface area contributed by atoms with Gasteiger partial charge in [-0.05, 0) is 119 Å². The molecule has 5 rings (SSSR count). The minimum Gasteiger partial charge on any atom is -0.394 e. The third-order valence-corrected chi connectivity index (χ3v) is 10.4. The molecule has 4 heteroatoms. The second kappa shape index (κ2) is 7.62. The van der Waals surface area contributed by atoms with E-state index in [1.807, 2.05) is 0 Å².